The fourth-order valence-corrected chi connectivity index (χ4v) is 9.44. The van der Waals surface area contributed by atoms with Gasteiger partial charge in [-0.25, -0.2) is 14.2 Å². The van der Waals surface area contributed by atoms with Gasteiger partial charge >= 0.3 is 12.1 Å². The number of aromatic nitrogens is 3. The number of ether oxygens (including phenoxy) is 2. The average Bonchev–Trinajstić information content (AvgIpc) is 3.71. The fraction of sp³-hybridized carbons (Fsp3) is 0.421. The molecule has 7 heterocycles. The quantitative estimate of drug-likeness (QED) is 0.204. The summed E-state index contributed by atoms with van der Waals surface area (Å²) in [4.78, 5) is 33.3. The number of fused-ring (bicyclic) bond motifs is 7. The molecule has 9 rings (SSSR count). The van der Waals surface area contributed by atoms with E-state index < -0.39 is 18.0 Å². The fourth-order valence-electron chi connectivity index (χ4n) is 9.44. The monoisotopic (exact) mass is 660 g/mol. The molecule has 0 spiro atoms. The van der Waals surface area contributed by atoms with Crippen LogP contribution in [0, 0.1) is 18.2 Å². The molecule has 49 heavy (non-hydrogen) atoms. The maximum Gasteiger partial charge on any atom is 0.407 e. The number of nitrogens with zero attached hydrogens (tertiary/aromatic N) is 6. The summed E-state index contributed by atoms with van der Waals surface area (Å²) in [5, 5.41) is 12.2. The van der Waals surface area contributed by atoms with Gasteiger partial charge in [-0.2, -0.15) is 9.97 Å². The molecule has 1 amide bonds. The van der Waals surface area contributed by atoms with E-state index >= 15 is 4.39 Å². The second kappa shape index (κ2) is 11.0. The molecule has 1 N–H and O–H groups in total. The second-order valence-corrected chi connectivity index (χ2v) is 14.1. The highest BCUT2D eigenvalue weighted by Gasteiger charge is 2.54. The van der Waals surface area contributed by atoms with Gasteiger partial charge in [-0.1, -0.05) is 55.3 Å². The lowest BCUT2D eigenvalue weighted by Crippen LogP contribution is -2.65. The molecule has 4 aromatic rings. The Morgan fingerprint density at radius 3 is 2.84 bits per heavy atom. The lowest BCUT2D eigenvalue weighted by atomic mass is 9.94. The minimum atomic E-state index is -0.939. The smallest absolute Gasteiger partial charge is 0.407 e. The summed E-state index contributed by atoms with van der Waals surface area (Å²) in [5.74, 6) is 2.81. The standard InChI is InChI=1S/C38H37FN6O4/c1-4-22-9-6-10-23-11-7-12-25(28(22)23)31-30(39)32-29-34(42-36(41-32)48-20-38-15-8-16-43(38)18-21(3)17-38)44-19-24-13-14-26(45(24)37(46)47)33(44)27(5-2)49-35(29)40-31/h1,6-7,9-12,24,26-27,33H,3,5,8,13-20H2,2H3,(H,46,47). The van der Waals surface area contributed by atoms with Crippen molar-refractivity contribution in [2.45, 2.75) is 75.2 Å². The topological polar surface area (TPSA) is 104 Å². The first kappa shape index (κ1) is 30.1. The van der Waals surface area contributed by atoms with Gasteiger partial charge < -0.3 is 19.5 Å². The molecule has 5 atom stereocenters. The molecule has 10 nitrogen and oxygen atoms in total. The molecule has 250 valence electrons. The Labute approximate surface area is 283 Å². The SMILES string of the molecule is C#Cc1cccc2cccc(-c3nc4c5c(nc(OCC67CCCN6CC(=C)C7)nc5c3F)N3CC5CCC(C3C(CC)O4)N5C(=O)O)c12. The van der Waals surface area contributed by atoms with Crippen LogP contribution in [-0.2, 0) is 0 Å². The highest BCUT2D eigenvalue weighted by atomic mass is 19.1. The number of carboxylic acid groups (broad SMARTS) is 1. The van der Waals surface area contributed by atoms with Gasteiger partial charge in [0.25, 0.3) is 0 Å². The number of hydrogen-bond acceptors (Lipinski definition) is 8. The van der Waals surface area contributed by atoms with Gasteiger partial charge in [-0.15, -0.1) is 6.42 Å². The van der Waals surface area contributed by atoms with E-state index in [1.807, 2.05) is 43.3 Å². The average molecular weight is 661 g/mol. The van der Waals surface area contributed by atoms with Crippen molar-refractivity contribution in [3.63, 3.8) is 0 Å². The van der Waals surface area contributed by atoms with Crippen LogP contribution in [0.25, 0.3) is 32.9 Å². The molecule has 0 saturated carbocycles. The number of terminal acetylenes is 1. The van der Waals surface area contributed by atoms with Crippen LogP contribution >= 0.6 is 0 Å². The predicted molar refractivity (Wildman–Crippen MR) is 183 cm³/mol. The minimum absolute atomic E-state index is 0.0512. The van der Waals surface area contributed by atoms with Gasteiger partial charge in [-0.05, 0) is 56.5 Å². The molecule has 0 aliphatic carbocycles. The van der Waals surface area contributed by atoms with E-state index in [0.717, 1.165) is 44.2 Å². The Balaban J connectivity index is 1.25. The van der Waals surface area contributed by atoms with Gasteiger partial charge in [0, 0.05) is 29.6 Å². The van der Waals surface area contributed by atoms with E-state index in [1.165, 1.54) is 5.57 Å². The summed E-state index contributed by atoms with van der Waals surface area (Å²) in [7, 11) is 0. The summed E-state index contributed by atoms with van der Waals surface area (Å²) in [6, 6.07) is 10.4. The van der Waals surface area contributed by atoms with Crippen LogP contribution in [0.3, 0.4) is 0 Å². The third-order valence-corrected chi connectivity index (χ3v) is 11.5. The van der Waals surface area contributed by atoms with Crippen LogP contribution in [-0.4, -0.2) is 92.0 Å². The lowest BCUT2D eigenvalue weighted by molar-refractivity contribution is 0.0636. The van der Waals surface area contributed by atoms with Crippen molar-refractivity contribution in [2.75, 3.05) is 31.1 Å². The zero-order chi connectivity index (χ0) is 33.6. The van der Waals surface area contributed by atoms with E-state index in [4.69, 9.17) is 30.8 Å². The molecule has 5 aliphatic rings. The Morgan fingerprint density at radius 2 is 2.04 bits per heavy atom. The van der Waals surface area contributed by atoms with Crippen molar-refractivity contribution in [2.24, 2.45) is 0 Å². The summed E-state index contributed by atoms with van der Waals surface area (Å²) in [6.45, 7) is 8.85. The van der Waals surface area contributed by atoms with E-state index in [-0.39, 0.29) is 46.8 Å². The molecule has 5 unspecified atom stereocenters. The Hall–Kier alpha value is -4.95. The Kier molecular flexibility index (Phi) is 6.79. The minimum Gasteiger partial charge on any atom is -0.471 e. The molecular formula is C38H37FN6O4. The molecule has 2 aromatic heterocycles. The number of piperazine rings is 1. The number of benzene rings is 2. The third kappa shape index (κ3) is 4.42. The van der Waals surface area contributed by atoms with E-state index in [0.29, 0.717) is 53.7 Å². The van der Waals surface area contributed by atoms with Gasteiger partial charge in [0.1, 0.15) is 35.1 Å². The van der Waals surface area contributed by atoms with Gasteiger partial charge in [0.15, 0.2) is 5.82 Å². The van der Waals surface area contributed by atoms with Crippen molar-refractivity contribution >= 4 is 33.6 Å². The van der Waals surface area contributed by atoms with Crippen LogP contribution < -0.4 is 14.4 Å². The number of carbonyl (C=O) groups is 1. The van der Waals surface area contributed by atoms with Crippen LogP contribution in [0.4, 0.5) is 15.0 Å². The largest absolute Gasteiger partial charge is 0.471 e. The molecule has 2 bridgehead atoms. The first-order chi connectivity index (χ1) is 23.8. The van der Waals surface area contributed by atoms with E-state index in [9.17, 15) is 9.90 Å². The lowest BCUT2D eigenvalue weighted by Gasteiger charge is -2.47. The van der Waals surface area contributed by atoms with Gasteiger partial charge in [0.05, 0.1) is 23.7 Å². The predicted octanol–water partition coefficient (Wildman–Crippen LogP) is 6.01. The van der Waals surface area contributed by atoms with Crippen molar-refractivity contribution < 1.29 is 23.8 Å². The van der Waals surface area contributed by atoms with Crippen LogP contribution in [0.1, 0.15) is 51.0 Å². The first-order valence-corrected chi connectivity index (χ1v) is 17.2. The highest BCUT2D eigenvalue weighted by molar-refractivity contribution is 6.03. The number of amides is 1. The molecule has 5 aliphatic heterocycles. The molecule has 2 aromatic carbocycles. The van der Waals surface area contributed by atoms with Crippen molar-refractivity contribution in [3.8, 4) is 35.5 Å². The molecule has 4 fully saturated rings. The van der Waals surface area contributed by atoms with Crippen LogP contribution in [0.15, 0.2) is 48.6 Å². The van der Waals surface area contributed by atoms with Crippen molar-refractivity contribution in [1.82, 2.24) is 24.8 Å². The number of anilines is 1. The van der Waals surface area contributed by atoms with E-state index in [2.05, 4.69) is 22.3 Å². The Morgan fingerprint density at radius 1 is 1.20 bits per heavy atom. The summed E-state index contributed by atoms with van der Waals surface area (Å²) >= 11 is 0. The number of pyridine rings is 1. The van der Waals surface area contributed by atoms with Crippen molar-refractivity contribution in [3.05, 3.63) is 59.9 Å². The maximum atomic E-state index is 17.3. The highest BCUT2D eigenvalue weighted by Crippen LogP contribution is 2.48. The van der Waals surface area contributed by atoms with Gasteiger partial charge in [0.2, 0.25) is 5.88 Å². The summed E-state index contributed by atoms with van der Waals surface area (Å²) in [5.41, 5.74) is 2.28. The molecule has 0 radical (unpaired) electrons. The third-order valence-electron chi connectivity index (χ3n) is 11.5. The van der Waals surface area contributed by atoms with Crippen LogP contribution in [0.2, 0.25) is 0 Å². The Bertz CT molecular complexity index is 2110. The zero-order valence-electron chi connectivity index (χ0n) is 27.4. The normalized spacial score (nSPS) is 27.2. The molecular weight excluding hydrogens is 623 g/mol. The second-order valence-electron chi connectivity index (χ2n) is 14.1. The van der Waals surface area contributed by atoms with Gasteiger partial charge in [-0.3, -0.25) is 9.80 Å². The summed E-state index contributed by atoms with van der Waals surface area (Å²) < 4.78 is 30.5. The number of rotatable bonds is 5. The summed E-state index contributed by atoms with van der Waals surface area (Å²) in [6.07, 6.45) is 9.45. The van der Waals surface area contributed by atoms with Crippen molar-refractivity contribution in [1.29, 1.82) is 0 Å². The molecule has 4 saturated heterocycles. The molecule has 11 heteroatoms. The number of halogens is 1. The first-order valence-electron chi connectivity index (χ1n) is 17.2. The zero-order valence-corrected chi connectivity index (χ0v) is 27.4. The van der Waals surface area contributed by atoms with E-state index in [1.54, 1.807) is 4.90 Å². The van der Waals surface area contributed by atoms with Crippen LogP contribution in [0.5, 0.6) is 11.9 Å². The number of hydrogen-bond donors (Lipinski definition) is 1. The maximum absolute atomic E-state index is 17.3.